The summed E-state index contributed by atoms with van der Waals surface area (Å²) in [6.07, 6.45) is 5.52. The third-order valence-corrected chi connectivity index (χ3v) is 7.29. The number of carbonyl (C=O) groups excluding carboxylic acids is 2. The van der Waals surface area contributed by atoms with Crippen LogP contribution in [-0.4, -0.2) is 53.5 Å². The second kappa shape index (κ2) is 10.3. The van der Waals surface area contributed by atoms with Gasteiger partial charge in [-0.1, -0.05) is 48.9 Å². The van der Waals surface area contributed by atoms with Crippen molar-refractivity contribution in [3.05, 3.63) is 65.7 Å². The van der Waals surface area contributed by atoms with Gasteiger partial charge >= 0.3 is 0 Å². The lowest BCUT2D eigenvalue weighted by atomic mass is 9.89. The van der Waals surface area contributed by atoms with E-state index in [1.165, 1.54) is 35.1 Å². The number of thioether (sulfide) groups is 1. The van der Waals surface area contributed by atoms with Gasteiger partial charge in [0.15, 0.2) is 0 Å². The van der Waals surface area contributed by atoms with Crippen molar-refractivity contribution in [2.75, 3.05) is 31.9 Å². The number of amides is 2. The van der Waals surface area contributed by atoms with Crippen molar-refractivity contribution in [3.63, 3.8) is 0 Å². The van der Waals surface area contributed by atoms with Crippen LogP contribution in [0.3, 0.4) is 0 Å². The number of imide groups is 1. The molecule has 0 unspecified atom stereocenters. The molecular formula is C25H30N2O2S. The first kappa shape index (κ1) is 21.1. The van der Waals surface area contributed by atoms with Crippen molar-refractivity contribution in [3.8, 4) is 0 Å². The molecule has 2 aromatic carbocycles. The van der Waals surface area contributed by atoms with Gasteiger partial charge in [-0.05, 0) is 68.9 Å². The van der Waals surface area contributed by atoms with Crippen molar-refractivity contribution in [2.45, 2.75) is 42.9 Å². The number of rotatable bonds is 7. The number of piperidine rings is 1. The Morgan fingerprint density at radius 3 is 2.33 bits per heavy atom. The van der Waals surface area contributed by atoms with E-state index in [4.69, 9.17) is 0 Å². The molecule has 1 saturated heterocycles. The Kier molecular flexibility index (Phi) is 7.24. The van der Waals surface area contributed by atoms with E-state index in [1.807, 2.05) is 24.3 Å². The van der Waals surface area contributed by atoms with Gasteiger partial charge in [0, 0.05) is 11.4 Å². The summed E-state index contributed by atoms with van der Waals surface area (Å²) in [7, 11) is 0. The van der Waals surface area contributed by atoms with E-state index in [2.05, 4.69) is 35.2 Å². The van der Waals surface area contributed by atoms with Crippen molar-refractivity contribution in [1.82, 2.24) is 9.80 Å². The highest BCUT2D eigenvalue weighted by Gasteiger charge is 2.28. The molecule has 2 aliphatic heterocycles. The minimum atomic E-state index is -0.136. The van der Waals surface area contributed by atoms with Crippen LogP contribution in [0.1, 0.15) is 53.9 Å². The summed E-state index contributed by atoms with van der Waals surface area (Å²) in [6.45, 7) is 3.97. The summed E-state index contributed by atoms with van der Waals surface area (Å²) >= 11 is 1.47. The Morgan fingerprint density at radius 2 is 1.53 bits per heavy atom. The second-order valence-corrected chi connectivity index (χ2v) is 9.24. The molecule has 0 aliphatic carbocycles. The number of likely N-dealkylation sites (tertiary alicyclic amines) is 1. The molecule has 0 saturated carbocycles. The first-order valence-corrected chi connectivity index (χ1v) is 12.0. The van der Waals surface area contributed by atoms with Gasteiger partial charge in [-0.15, -0.1) is 11.8 Å². The monoisotopic (exact) mass is 422 g/mol. The number of hydrogen-bond donors (Lipinski definition) is 0. The average Bonchev–Trinajstić information content (AvgIpc) is 2.91. The van der Waals surface area contributed by atoms with Crippen LogP contribution in [0.4, 0.5) is 0 Å². The maximum Gasteiger partial charge on any atom is 0.261 e. The van der Waals surface area contributed by atoms with Crippen LogP contribution in [0.15, 0.2) is 59.5 Å². The van der Waals surface area contributed by atoms with E-state index in [9.17, 15) is 9.59 Å². The fourth-order valence-corrected chi connectivity index (χ4v) is 5.39. The van der Waals surface area contributed by atoms with Gasteiger partial charge in [0.2, 0.25) is 5.91 Å². The van der Waals surface area contributed by atoms with Crippen LogP contribution in [0.2, 0.25) is 0 Å². The number of hydrogen-bond acceptors (Lipinski definition) is 4. The molecule has 5 heteroatoms. The molecule has 2 amide bonds. The fourth-order valence-electron chi connectivity index (χ4n) is 4.47. The van der Waals surface area contributed by atoms with E-state index < -0.39 is 0 Å². The van der Waals surface area contributed by atoms with E-state index in [0.717, 1.165) is 43.8 Å². The zero-order valence-electron chi connectivity index (χ0n) is 17.5. The van der Waals surface area contributed by atoms with Crippen molar-refractivity contribution in [2.24, 2.45) is 0 Å². The standard InChI is InChI=1S/C25H30N2O2S/c28-24-19-30-23-12-6-5-11-22(23)25(29)27(24)16-8-2-7-15-26-17-13-21(14-18-26)20-9-3-1-4-10-20/h1,3-6,9-12,21H,2,7-8,13-19H2. The lowest BCUT2D eigenvalue weighted by Crippen LogP contribution is -2.37. The van der Waals surface area contributed by atoms with Crippen LogP contribution in [0.5, 0.6) is 0 Å². The number of fused-ring (bicyclic) bond motifs is 1. The molecule has 2 heterocycles. The van der Waals surface area contributed by atoms with Crippen LogP contribution in [0, 0.1) is 0 Å². The van der Waals surface area contributed by atoms with Gasteiger partial charge in [-0.3, -0.25) is 14.5 Å². The number of benzene rings is 2. The minimum absolute atomic E-state index is 0.0656. The highest BCUT2D eigenvalue weighted by Crippen LogP contribution is 2.29. The topological polar surface area (TPSA) is 40.6 Å². The quantitative estimate of drug-likeness (QED) is 0.474. The predicted octanol–water partition coefficient (Wildman–Crippen LogP) is 4.81. The first-order valence-electron chi connectivity index (χ1n) is 11.1. The summed E-state index contributed by atoms with van der Waals surface area (Å²) in [6, 6.07) is 18.4. The lowest BCUT2D eigenvalue weighted by molar-refractivity contribution is -0.125. The first-order chi connectivity index (χ1) is 14.7. The summed E-state index contributed by atoms with van der Waals surface area (Å²) in [5.74, 6) is 0.843. The highest BCUT2D eigenvalue weighted by molar-refractivity contribution is 8.00. The van der Waals surface area contributed by atoms with Gasteiger partial charge < -0.3 is 4.90 Å². The Labute approximate surface area is 183 Å². The van der Waals surface area contributed by atoms with Crippen LogP contribution < -0.4 is 0 Å². The molecule has 0 bridgehead atoms. The summed E-state index contributed by atoms with van der Waals surface area (Å²) < 4.78 is 0. The normalized spacial score (nSPS) is 18.3. The van der Waals surface area contributed by atoms with Gasteiger partial charge in [0.25, 0.3) is 5.91 Å². The van der Waals surface area contributed by atoms with Gasteiger partial charge in [0.05, 0.1) is 11.3 Å². The van der Waals surface area contributed by atoms with E-state index in [0.29, 0.717) is 23.8 Å². The molecule has 30 heavy (non-hydrogen) atoms. The molecule has 1 fully saturated rings. The molecule has 0 N–H and O–H groups in total. The van der Waals surface area contributed by atoms with Crippen molar-refractivity contribution < 1.29 is 9.59 Å². The van der Waals surface area contributed by atoms with Crippen LogP contribution in [-0.2, 0) is 4.79 Å². The third-order valence-electron chi connectivity index (χ3n) is 6.23. The summed E-state index contributed by atoms with van der Waals surface area (Å²) in [5, 5.41) is 0. The molecule has 0 atom stereocenters. The van der Waals surface area contributed by atoms with Gasteiger partial charge in [-0.25, -0.2) is 0 Å². The highest BCUT2D eigenvalue weighted by atomic mass is 32.2. The van der Waals surface area contributed by atoms with Crippen molar-refractivity contribution in [1.29, 1.82) is 0 Å². The van der Waals surface area contributed by atoms with Gasteiger partial charge in [0.1, 0.15) is 0 Å². The molecule has 4 rings (SSSR count). The zero-order valence-corrected chi connectivity index (χ0v) is 18.3. The maximum atomic E-state index is 12.8. The van der Waals surface area contributed by atoms with Crippen LogP contribution in [0.25, 0.3) is 0 Å². The zero-order chi connectivity index (χ0) is 20.8. The van der Waals surface area contributed by atoms with E-state index in [-0.39, 0.29) is 11.8 Å². The Balaban J connectivity index is 1.18. The smallest absolute Gasteiger partial charge is 0.261 e. The molecular weight excluding hydrogens is 392 g/mol. The van der Waals surface area contributed by atoms with Gasteiger partial charge in [-0.2, -0.15) is 0 Å². The largest absolute Gasteiger partial charge is 0.303 e. The lowest BCUT2D eigenvalue weighted by Gasteiger charge is -2.32. The Morgan fingerprint density at radius 1 is 0.833 bits per heavy atom. The molecule has 2 aromatic rings. The number of unbranched alkanes of at least 4 members (excludes halogenated alkanes) is 2. The molecule has 2 aliphatic rings. The fraction of sp³-hybridized carbons (Fsp3) is 0.440. The van der Waals surface area contributed by atoms with Crippen LogP contribution >= 0.6 is 11.8 Å². The van der Waals surface area contributed by atoms with E-state index >= 15 is 0 Å². The molecule has 158 valence electrons. The molecule has 0 spiro atoms. The maximum absolute atomic E-state index is 12.8. The SMILES string of the molecule is O=C1CSc2ccccc2C(=O)N1CCCCCN1CCC(c2ccccc2)CC1. The minimum Gasteiger partial charge on any atom is -0.303 e. The number of carbonyl (C=O) groups is 2. The second-order valence-electron chi connectivity index (χ2n) is 8.22. The van der Waals surface area contributed by atoms with Crippen molar-refractivity contribution >= 4 is 23.6 Å². The predicted molar refractivity (Wildman–Crippen MR) is 122 cm³/mol. The van der Waals surface area contributed by atoms with E-state index in [1.54, 1.807) is 0 Å². The molecule has 0 radical (unpaired) electrons. The Bertz CT molecular complexity index is 862. The molecule has 4 nitrogen and oxygen atoms in total. The average molecular weight is 423 g/mol. The summed E-state index contributed by atoms with van der Waals surface area (Å²) in [4.78, 5) is 30.2. The number of nitrogens with zero attached hydrogens (tertiary/aromatic N) is 2. The molecule has 0 aromatic heterocycles. The Hall–Kier alpha value is -2.11. The third kappa shape index (κ3) is 5.13. The summed E-state index contributed by atoms with van der Waals surface area (Å²) in [5.41, 5.74) is 2.14.